The molecule has 0 heterocycles. The Kier molecular flexibility index (Phi) is 18.3. The number of halogens is 6. The van der Waals surface area contributed by atoms with Crippen LogP contribution in [0.15, 0.2) is 65.6 Å². The minimum Gasteiger partial charge on any atom is -0.507 e. The van der Waals surface area contributed by atoms with Crippen molar-refractivity contribution in [2.24, 2.45) is 0 Å². The fourth-order valence-electron chi connectivity index (χ4n) is 3.93. The number of unbranched alkanes of at least 4 members (excludes halogenated alkanes) is 1. The largest absolute Gasteiger partial charge is 0.507 e. The van der Waals surface area contributed by atoms with E-state index in [9.17, 15) is 21.6 Å². The average molecular weight is 1020 g/mol. The van der Waals surface area contributed by atoms with Crippen LogP contribution in [0.25, 0.3) is 0 Å². The second-order valence-corrected chi connectivity index (χ2v) is 15.7. The zero-order chi connectivity index (χ0) is 36.0. The minimum absolute atomic E-state index is 0.169. The van der Waals surface area contributed by atoms with Crippen LogP contribution in [0.1, 0.15) is 48.4 Å². The lowest BCUT2D eigenvalue weighted by atomic mass is 10.2. The molecule has 4 aromatic carbocycles. The number of aromatic hydroxyl groups is 1. The Morgan fingerprint density at radius 2 is 1.08 bits per heavy atom. The molecule has 4 aromatic rings. The molecule has 262 valence electrons. The number of ether oxygens (including phenoxy) is 2. The predicted molar refractivity (Wildman–Crippen MR) is 208 cm³/mol. The zero-order valence-corrected chi connectivity index (χ0v) is 34.5. The molecule has 6 nitrogen and oxygen atoms in total. The van der Waals surface area contributed by atoms with Gasteiger partial charge in [0.15, 0.2) is 0 Å². The predicted octanol–water partition coefficient (Wildman–Crippen LogP) is 10.6. The lowest BCUT2D eigenvalue weighted by Gasteiger charge is -2.13. The van der Waals surface area contributed by atoms with Crippen molar-refractivity contribution in [3.05, 3.63) is 111 Å². The Bertz CT molecular complexity index is 1620. The van der Waals surface area contributed by atoms with Crippen LogP contribution in [-0.4, -0.2) is 33.3 Å². The number of phenols is 1. The monoisotopic (exact) mass is 1020 g/mol. The van der Waals surface area contributed by atoms with Crippen LogP contribution in [0.5, 0.6) is 17.2 Å². The SMILES string of the molecule is CCCCOS(=O)(=O)c1ccc(C)cc1.Cc1cc(F)cc(I)c1O.Cc1cc(F)cc(I)c1OCCCOc1c(C)cc(F)cc1I. The van der Waals surface area contributed by atoms with Crippen molar-refractivity contribution in [2.75, 3.05) is 19.8 Å². The average Bonchev–Trinajstić information content (AvgIpc) is 2.99. The first kappa shape index (κ1) is 42.3. The molecule has 0 aromatic heterocycles. The molecule has 0 spiro atoms. The molecule has 0 saturated carbocycles. The smallest absolute Gasteiger partial charge is 0.296 e. The number of aryl methyl sites for hydroxylation is 4. The van der Waals surface area contributed by atoms with Crippen molar-refractivity contribution >= 4 is 77.9 Å². The van der Waals surface area contributed by atoms with E-state index in [0.29, 0.717) is 40.3 Å². The zero-order valence-electron chi connectivity index (χ0n) is 27.2. The van der Waals surface area contributed by atoms with Gasteiger partial charge in [0.1, 0.15) is 34.7 Å². The van der Waals surface area contributed by atoms with E-state index >= 15 is 0 Å². The summed E-state index contributed by atoms with van der Waals surface area (Å²) in [5, 5.41) is 9.16. The highest BCUT2D eigenvalue weighted by atomic mass is 127. The number of benzene rings is 4. The van der Waals surface area contributed by atoms with E-state index < -0.39 is 10.1 Å². The summed E-state index contributed by atoms with van der Waals surface area (Å²) in [5.74, 6) is 0.758. The standard InChI is InChI=1S/C17H16F2I2O2.C11H16O3S.C7H6FIO/c1-10-6-12(18)8-14(20)16(10)22-4-3-5-23-17-11(2)7-13(19)9-15(17)21;1-3-4-9-14-15(12,13)11-7-5-10(2)6-8-11;1-4-2-5(8)3-6(9)7(4)10/h6-9H,3-5H2,1-2H3;5-8H,3-4,9H2,1-2H3;2-3,10H,1H3. The maximum atomic E-state index is 13.2. The highest BCUT2D eigenvalue weighted by molar-refractivity contribution is 14.1. The Morgan fingerprint density at radius 1 is 0.646 bits per heavy atom. The Morgan fingerprint density at radius 3 is 1.50 bits per heavy atom. The van der Waals surface area contributed by atoms with Gasteiger partial charge in [-0.05, 0) is 167 Å². The summed E-state index contributed by atoms with van der Waals surface area (Å²) < 4.78 is 80.5. The summed E-state index contributed by atoms with van der Waals surface area (Å²) in [6.45, 7) is 10.4. The maximum Gasteiger partial charge on any atom is 0.296 e. The highest BCUT2D eigenvalue weighted by Gasteiger charge is 2.14. The van der Waals surface area contributed by atoms with Crippen LogP contribution in [-0.2, 0) is 14.3 Å². The van der Waals surface area contributed by atoms with Gasteiger partial charge in [-0.3, -0.25) is 4.18 Å². The molecule has 0 unspecified atom stereocenters. The van der Waals surface area contributed by atoms with Crippen molar-refractivity contribution in [3.8, 4) is 17.2 Å². The van der Waals surface area contributed by atoms with Crippen LogP contribution in [0.3, 0.4) is 0 Å². The molecule has 0 saturated heterocycles. The summed E-state index contributed by atoms with van der Waals surface area (Å²) in [4.78, 5) is 0.226. The minimum atomic E-state index is -3.55. The topological polar surface area (TPSA) is 82.1 Å². The second kappa shape index (κ2) is 20.7. The quantitative estimate of drug-likeness (QED) is 0.0916. The molecule has 0 aliphatic heterocycles. The molecule has 4 rings (SSSR count). The van der Waals surface area contributed by atoms with Gasteiger partial charge in [0.2, 0.25) is 0 Å². The molecular weight excluding hydrogens is 986 g/mol. The van der Waals surface area contributed by atoms with Crippen molar-refractivity contribution in [2.45, 2.75) is 58.8 Å². The lowest BCUT2D eigenvalue weighted by Crippen LogP contribution is -2.08. The number of phenolic OH excluding ortho intramolecular Hbond substituents is 1. The third-order valence-electron chi connectivity index (χ3n) is 6.43. The summed E-state index contributed by atoms with van der Waals surface area (Å²) in [6.07, 6.45) is 2.36. The molecule has 0 amide bonds. The molecule has 0 aliphatic carbocycles. The molecule has 0 radical (unpaired) electrons. The van der Waals surface area contributed by atoms with Gasteiger partial charge in [-0.15, -0.1) is 0 Å². The van der Waals surface area contributed by atoms with E-state index in [1.807, 2.05) is 50.3 Å². The fourth-order valence-corrected chi connectivity index (χ4v) is 7.35. The van der Waals surface area contributed by atoms with Crippen LogP contribution < -0.4 is 9.47 Å². The van der Waals surface area contributed by atoms with Crippen LogP contribution in [0, 0.1) is 55.9 Å². The van der Waals surface area contributed by atoms with Gasteiger partial charge in [0, 0.05) is 6.42 Å². The molecule has 0 aliphatic rings. The van der Waals surface area contributed by atoms with Crippen LogP contribution in [0.4, 0.5) is 13.2 Å². The summed E-state index contributed by atoms with van der Waals surface area (Å²) in [7, 11) is -3.55. The molecule has 48 heavy (non-hydrogen) atoms. The van der Waals surface area contributed by atoms with E-state index in [1.165, 1.54) is 36.4 Å². The van der Waals surface area contributed by atoms with E-state index in [0.717, 1.165) is 36.7 Å². The Labute approximate surface area is 322 Å². The number of rotatable bonds is 11. The normalized spacial score (nSPS) is 10.8. The fraction of sp³-hybridized carbons (Fsp3) is 0.314. The molecule has 13 heteroatoms. The third-order valence-corrected chi connectivity index (χ3v) is 10.2. The number of hydrogen-bond donors (Lipinski definition) is 1. The molecule has 1 N–H and O–H groups in total. The van der Waals surface area contributed by atoms with Gasteiger partial charge < -0.3 is 14.6 Å². The Hall–Kier alpha value is -1.83. The van der Waals surface area contributed by atoms with Crippen LogP contribution in [0.2, 0.25) is 0 Å². The summed E-state index contributed by atoms with van der Waals surface area (Å²) in [5.41, 5.74) is 3.16. The lowest BCUT2D eigenvalue weighted by molar-refractivity contribution is 0.243. The Balaban J connectivity index is 0.000000274. The van der Waals surface area contributed by atoms with Crippen molar-refractivity contribution in [1.29, 1.82) is 0 Å². The molecule has 0 bridgehead atoms. The van der Waals surface area contributed by atoms with Gasteiger partial charge in [0.05, 0.1) is 35.4 Å². The summed E-state index contributed by atoms with van der Waals surface area (Å²) in [6, 6.07) is 15.1. The van der Waals surface area contributed by atoms with Gasteiger partial charge in [0.25, 0.3) is 10.1 Å². The maximum absolute atomic E-state index is 13.2. The van der Waals surface area contributed by atoms with Gasteiger partial charge >= 0.3 is 0 Å². The van der Waals surface area contributed by atoms with E-state index in [4.69, 9.17) is 18.8 Å². The van der Waals surface area contributed by atoms with Crippen molar-refractivity contribution < 1.29 is 40.4 Å². The van der Waals surface area contributed by atoms with Crippen LogP contribution >= 0.6 is 67.8 Å². The van der Waals surface area contributed by atoms with E-state index in [-0.39, 0.29) is 34.7 Å². The first-order valence-corrected chi connectivity index (χ1v) is 19.5. The van der Waals surface area contributed by atoms with E-state index in [2.05, 4.69) is 45.2 Å². The molecular formula is C35H38F3I3O6S. The number of hydrogen-bond acceptors (Lipinski definition) is 6. The molecule has 0 fully saturated rings. The van der Waals surface area contributed by atoms with Crippen molar-refractivity contribution in [1.82, 2.24) is 0 Å². The third kappa shape index (κ3) is 14.2. The van der Waals surface area contributed by atoms with Crippen molar-refractivity contribution in [3.63, 3.8) is 0 Å². The van der Waals surface area contributed by atoms with E-state index in [1.54, 1.807) is 31.2 Å². The second-order valence-electron chi connectivity index (χ2n) is 10.6. The first-order valence-electron chi connectivity index (χ1n) is 14.8. The highest BCUT2D eigenvalue weighted by Crippen LogP contribution is 2.28. The van der Waals surface area contributed by atoms with Gasteiger partial charge in [-0.1, -0.05) is 31.0 Å². The summed E-state index contributed by atoms with van der Waals surface area (Å²) >= 11 is 6.01. The first-order chi connectivity index (χ1) is 22.5. The van der Waals surface area contributed by atoms with Gasteiger partial charge in [-0.25, -0.2) is 13.2 Å². The molecule has 0 atom stereocenters. The van der Waals surface area contributed by atoms with Gasteiger partial charge in [-0.2, -0.15) is 8.42 Å².